The summed E-state index contributed by atoms with van der Waals surface area (Å²) in [7, 11) is 0. The lowest BCUT2D eigenvalue weighted by Crippen LogP contribution is -2.41. The second-order valence-electron chi connectivity index (χ2n) is 7.29. The Hall–Kier alpha value is -1.06. The van der Waals surface area contributed by atoms with Gasteiger partial charge in [-0.2, -0.15) is 0 Å². The smallest absolute Gasteiger partial charge is 0.122 e. The quantitative estimate of drug-likeness (QED) is 0.924. The fraction of sp³-hybridized carbons (Fsp3) is 0.667. The van der Waals surface area contributed by atoms with Crippen LogP contribution in [0.15, 0.2) is 18.2 Å². The van der Waals surface area contributed by atoms with E-state index in [0.717, 1.165) is 31.9 Å². The van der Waals surface area contributed by atoms with Crippen molar-refractivity contribution in [3.05, 3.63) is 29.3 Å². The maximum absolute atomic E-state index is 6.12. The minimum atomic E-state index is 0.160. The molecule has 0 spiro atoms. The van der Waals surface area contributed by atoms with Crippen LogP contribution in [0.3, 0.4) is 0 Å². The minimum Gasteiger partial charge on any atom is -0.493 e. The Morgan fingerprint density at radius 3 is 2.90 bits per heavy atom. The fourth-order valence-corrected chi connectivity index (χ4v) is 3.24. The van der Waals surface area contributed by atoms with Crippen molar-refractivity contribution in [3.8, 4) is 5.75 Å². The summed E-state index contributed by atoms with van der Waals surface area (Å²) in [5, 5.41) is 3.64. The van der Waals surface area contributed by atoms with Crippen molar-refractivity contribution in [3.63, 3.8) is 0 Å². The summed E-state index contributed by atoms with van der Waals surface area (Å²) in [6.07, 6.45) is 3.66. The predicted octanol–water partition coefficient (Wildman–Crippen LogP) is 3.48. The van der Waals surface area contributed by atoms with Gasteiger partial charge in [0.25, 0.3) is 0 Å². The third-order valence-corrected chi connectivity index (χ3v) is 4.38. The van der Waals surface area contributed by atoms with Gasteiger partial charge in [-0.1, -0.05) is 6.07 Å². The van der Waals surface area contributed by atoms with E-state index in [4.69, 9.17) is 9.47 Å². The molecule has 21 heavy (non-hydrogen) atoms. The molecule has 0 aliphatic carbocycles. The van der Waals surface area contributed by atoms with E-state index < -0.39 is 0 Å². The van der Waals surface area contributed by atoms with Gasteiger partial charge in [0.1, 0.15) is 5.75 Å². The standard InChI is InChI=1S/C18H27NO2/c1-18(2,3)19-12-15-5-4-9-21-17(15)14-6-7-16-13(11-14)8-10-20-16/h6-7,11,15,17,19H,4-5,8-10,12H2,1-3H3. The molecule has 1 aromatic rings. The average molecular weight is 289 g/mol. The molecular formula is C18H27NO2. The molecule has 2 unspecified atom stereocenters. The number of ether oxygens (including phenoxy) is 2. The van der Waals surface area contributed by atoms with Gasteiger partial charge in [-0.15, -0.1) is 0 Å². The number of nitrogens with one attached hydrogen (secondary N) is 1. The van der Waals surface area contributed by atoms with Gasteiger partial charge in [-0.3, -0.25) is 0 Å². The average Bonchev–Trinajstić information content (AvgIpc) is 2.92. The first-order valence-electron chi connectivity index (χ1n) is 8.15. The van der Waals surface area contributed by atoms with Crippen molar-refractivity contribution in [1.82, 2.24) is 5.32 Å². The van der Waals surface area contributed by atoms with Crippen LogP contribution in [0.25, 0.3) is 0 Å². The van der Waals surface area contributed by atoms with E-state index in [0.29, 0.717) is 5.92 Å². The Morgan fingerprint density at radius 1 is 1.24 bits per heavy atom. The van der Waals surface area contributed by atoms with Crippen molar-refractivity contribution in [2.75, 3.05) is 19.8 Å². The third-order valence-electron chi connectivity index (χ3n) is 4.38. The number of hydrogen-bond acceptors (Lipinski definition) is 3. The Morgan fingerprint density at radius 2 is 2.10 bits per heavy atom. The molecule has 1 fully saturated rings. The van der Waals surface area contributed by atoms with Gasteiger partial charge in [0.2, 0.25) is 0 Å². The summed E-state index contributed by atoms with van der Waals surface area (Å²) in [6.45, 7) is 9.38. The molecule has 2 aliphatic rings. The summed E-state index contributed by atoms with van der Waals surface area (Å²) in [5.41, 5.74) is 2.82. The molecule has 116 valence electrons. The zero-order valence-corrected chi connectivity index (χ0v) is 13.4. The van der Waals surface area contributed by atoms with Gasteiger partial charge in [0.15, 0.2) is 0 Å². The molecule has 1 saturated heterocycles. The molecule has 3 nitrogen and oxygen atoms in total. The third kappa shape index (κ3) is 3.58. The van der Waals surface area contributed by atoms with Crippen LogP contribution in [0, 0.1) is 5.92 Å². The number of benzene rings is 1. The molecule has 1 N–H and O–H groups in total. The van der Waals surface area contributed by atoms with Crippen molar-refractivity contribution >= 4 is 0 Å². The van der Waals surface area contributed by atoms with Gasteiger partial charge in [-0.05, 0) is 56.9 Å². The van der Waals surface area contributed by atoms with E-state index in [1.807, 2.05) is 0 Å². The van der Waals surface area contributed by atoms with E-state index in [1.54, 1.807) is 0 Å². The lowest BCUT2D eigenvalue weighted by atomic mass is 9.88. The Bertz CT molecular complexity index is 492. The van der Waals surface area contributed by atoms with E-state index >= 15 is 0 Å². The zero-order valence-electron chi connectivity index (χ0n) is 13.4. The van der Waals surface area contributed by atoms with Crippen LogP contribution in [0.2, 0.25) is 0 Å². The van der Waals surface area contributed by atoms with Crippen LogP contribution < -0.4 is 10.1 Å². The normalized spacial score (nSPS) is 25.5. The van der Waals surface area contributed by atoms with Gasteiger partial charge in [0.05, 0.1) is 12.7 Å². The molecule has 0 radical (unpaired) electrons. The van der Waals surface area contributed by atoms with Gasteiger partial charge >= 0.3 is 0 Å². The number of hydrogen-bond donors (Lipinski definition) is 1. The highest BCUT2D eigenvalue weighted by Gasteiger charge is 2.29. The number of rotatable bonds is 3. The van der Waals surface area contributed by atoms with Crippen molar-refractivity contribution in [2.45, 2.75) is 51.7 Å². The largest absolute Gasteiger partial charge is 0.493 e. The van der Waals surface area contributed by atoms with Crippen LogP contribution in [0.4, 0.5) is 0 Å². The second kappa shape index (κ2) is 5.98. The van der Waals surface area contributed by atoms with Gasteiger partial charge in [-0.25, -0.2) is 0 Å². The highest BCUT2D eigenvalue weighted by Crippen LogP contribution is 2.36. The Balaban J connectivity index is 1.74. The fourth-order valence-electron chi connectivity index (χ4n) is 3.24. The van der Waals surface area contributed by atoms with Crippen molar-refractivity contribution in [2.24, 2.45) is 5.92 Å². The van der Waals surface area contributed by atoms with Crippen LogP contribution in [0.1, 0.15) is 50.8 Å². The first kappa shape index (κ1) is 14.9. The molecule has 2 aliphatic heterocycles. The van der Waals surface area contributed by atoms with Gasteiger partial charge in [0, 0.05) is 31.0 Å². The molecule has 3 heteroatoms. The van der Waals surface area contributed by atoms with E-state index in [-0.39, 0.29) is 11.6 Å². The first-order chi connectivity index (χ1) is 10.0. The monoisotopic (exact) mass is 289 g/mol. The van der Waals surface area contributed by atoms with Crippen LogP contribution in [-0.4, -0.2) is 25.3 Å². The summed E-state index contributed by atoms with van der Waals surface area (Å²) >= 11 is 0. The summed E-state index contributed by atoms with van der Waals surface area (Å²) in [4.78, 5) is 0. The van der Waals surface area contributed by atoms with E-state index in [1.165, 1.54) is 24.0 Å². The lowest BCUT2D eigenvalue weighted by molar-refractivity contribution is -0.0293. The highest BCUT2D eigenvalue weighted by molar-refractivity contribution is 5.40. The molecule has 1 aromatic carbocycles. The van der Waals surface area contributed by atoms with Crippen LogP contribution >= 0.6 is 0 Å². The Kier molecular flexibility index (Phi) is 4.23. The van der Waals surface area contributed by atoms with Crippen LogP contribution in [-0.2, 0) is 11.2 Å². The maximum atomic E-state index is 6.12. The van der Waals surface area contributed by atoms with E-state index in [9.17, 15) is 0 Å². The predicted molar refractivity (Wildman–Crippen MR) is 84.8 cm³/mol. The number of fused-ring (bicyclic) bond motifs is 1. The van der Waals surface area contributed by atoms with Crippen LogP contribution in [0.5, 0.6) is 5.75 Å². The molecular weight excluding hydrogens is 262 g/mol. The minimum absolute atomic E-state index is 0.160. The second-order valence-corrected chi connectivity index (χ2v) is 7.29. The van der Waals surface area contributed by atoms with Crippen molar-refractivity contribution < 1.29 is 9.47 Å². The summed E-state index contributed by atoms with van der Waals surface area (Å²) in [5.74, 6) is 1.61. The maximum Gasteiger partial charge on any atom is 0.122 e. The molecule has 2 atom stereocenters. The zero-order chi connectivity index (χ0) is 14.9. The molecule has 3 rings (SSSR count). The lowest BCUT2D eigenvalue weighted by Gasteiger charge is -2.34. The summed E-state index contributed by atoms with van der Waals surface area (Å²) in [6, 6.07) is 6.59. The SMILES string of the molecule is CC(C)(C)NCC1CCCOC1c1ccc2c(c1)CCO2. The molecule has 0 amide bonds. The summed E-state index contributed by atoms with van der Waals surface area (Å²) < 4.78 is 11.7. The first-order valence-corrected chi connectivity index (χ1v) is 8.15. The molecule has 0 aromatic heterocycles. The Labute approximate surface area is 128 Å². The van der Waals surface area contributed by atoms with E-state index in [2.05, 4.69) is 44.3 Å². The topological polar surface area (TPSA) is 30.5 Å². The highest BCUT2D eigenvalue weighted by atomic mass is 16.5. The van der Waals surface area contributed by atoms with Crippen molar-refractivity contribution in [1.29, 1.82) is 0 Å². The van der Waals surface area contributed by atoms with Gasteiger partial charge < -0.3 is 14.8 Å². The molecule has 2 heterocycles. The molecule has 0 saturated carbocycles. The molecule has 0 bridgehead atoms.